The third-order valence-electron chi connectivity index (χ3n) is 6.28. The Morgan fingerprint density at radius 2 is 1.07 bits per heavy atom. The third-order valence-corrected chi connectivity index (χ3v) is 6.28. The Morgan fingerprint density at radius 1 is 0.600 bits per heavy atom. The Labute approximate surface area is 186 Å². The SMILES string of the molecule is CCCCCCCCCCCCCCCCCCNc1cccc2cccc(N)c12. The minimum absolute atomic E-state index is 0.863. The van der Waals surface area contributed by atoms with Crippen molar-refractivity contribution >= 4 is 22.1 Å². The van der Waals surface area contributed by atoms with Gasteiger partial charge < -0.3 is 11.1 Å². The van der Waals surface area contributed by atoms with E-state index in [0.717, 1.165) is 17.6 Å². The molecule has 0 bridgehead atoms. The topological polar surface area (TPSA) is 38.0 Å². The quantitative estimate of drug-likeness (QED) is 0.190. The highest BCUT2D eigenvalue weighted by molar-refractivity contribution is 6.02. The Balaban J connectivity index is 1.39. The molecular weight excluding hydrogens is 364 g/mol. The van der Waals surface area contributed by atoms with Crippen LogP contribution < -0.4 is 11.1 Å². The molecule has 0 aliphatic rings. The van der Waals surface area contributed by atoms with Crippen molar-refractivity contribution in [3.63, 3.8) is 0 Å². The first-order chi connectivity index (χ1) is 14.8. The van der Waals surface area contributed by atoms with Crippen LogP contribution in [0.4, 0.5) is 11.4 Å². The van der Waals surface area contributed by atoms with Crippen LogP contribution in [0.1, 0.15) is 110 Å². The maximum absolute atomic E-state index is 6.18. The maximum atomic E-state index is 6.18. The molecule has 2 aromatic carbocycles. The van der Waals surface area contributed by atoms with E-state index in [-0.39, 0.29) is 0 Å². The molecule has 168 valence electrons. The summed E-state index contributed by atoms with van der Waals surface area (Å²) in [7, 11) is 0. The first-order valence-corrected chi connectivity index (χ1v) is 12.8. The summed E-state index contributed by atoms with van der Waals surface area (Å²) in [6.07, 6.45) is 22.6. The lowest BCUT2D eigenvalue weighted by Crippen LogP contribution is -2.03. The molecule has 0 unspecified atom stereocenters. The number of rotatable bonds is 18. The maximum Gasteiger partial charge on any atom is 0.0440 e. The number of hydrogen-bond acceptors (Lipinski definition) is 2. The Kier molecular flexibility index (Phi) is 13.1. The number of benzene rings is 2. The summed E-state index contributed by atoms with van der Waals surface area (Å²) in [5.41, 5.74) is 8.22. The van der Waals surface area contributed by atoms with Crippen LogP contribution in [0.2, 0.25) is 0 Å². The zero-order valence-corrected chi connectivity index (χ0v) is 19.6. The normalized spacial score (nSPS) is 11.2. The summed E-state index contributed by atoms with van der Waals surface area (Å²) in [6.45, 7) is 3.33. The van der Waals surface area contributed by atoms with Crippen molar-refractivity contribution < 1.29 is 0 Å². The predicted octanol–water partition coefficient (Wildman–Crippen LogP) is 9.10. The van der Waals surface area contributed by atoms with Crippen LogP contribution in [0.5, 0.6) is 0 Å². The monoisotopic (exact) mass is 410 g/mol. The van der Waals surface area contributed by atoms with Gasteiger partial charge in [0.05, 0.1) is 0 Å². The number of nitrogens with two attached hydrogens (primary N) is 1. The minimum atomic E-state index is 0.863. The van der Waals surface area contributed by atoms with E-state index in [1.807, 2.05) is 12.1 Å². The summed E-state index contributed by atoms with van der Waals surface area (Å²) < 4.78 is 0. The van der Waals surface area contributed by atoms with E-state index in [1.165, 1.54) is 114 Å². The molecule has 3 N–H and O–H groups in total. The average molecular weight is 411 g/mol. The van der Waals surface area contributed by atoms with Gasteiger partial charge in [-0.15, -0.1) is 0 Å². The predicted molar refractivity (Wildman–Crippen MR) is 136 cm³/mol. The van der Waals surface area contributed by atoms with Gasteiger partial charge in [0.2, 0.25) is 0 Å². The van der Waals surface area contributed by atoms with Gasteiger partial charge in [0.25, 0.3) is 0 Å². The summed E-state index contributed by atoms with van der Waals surface area (Å²) in [4.78, 5) is 0. The molecule has 0 saturated heterocycles. The van der Waals surface area contributed by atoms with Crippen LogP contribution in [0.25, 0.3) is 10.8 Å². The van der Waals surface area contributed by atoms with Crippen LogP contribution in [-0.2, 0) is 0 Å². The van der Waals surface area contributed by atoms with E-state index < -0.39 is 0 Å². The van der Waals surface area contributed by atoms with Crippen molar-refractivity contribution in [3.05, 3.63) is 36.4 Å². The fourth-order valence-corrected chi connectivity index (χ4v) is 4.41. The first kappa shape index (κ1) is 24.6. The van der Waals surface area contributed by atoms with Gasteiger partial charge in [0.15, 0.2) is 0 Å². The van der Waals surface area contributed by atoms with Crippen LogP contribution in [0, 0.1) is 0 Å². The zero-order valence-electron chi connectivity index (χ0n) is 19.6. The zero-order chi connectivity index (χ0) is 21.3. The van der Waals surface area contributed by atoms with Gasteiger partial charge in [0, 0.05) is 23.3 Å². The summed E-state index contributed by atoms with van der Waals surface area (Å²) in [5, 5.41) is 5.98. The molecule has 2 aromatic rings. The second kappa shape index (κ2) is 16.1. The summed E-state index contributed by atoms with van der Waals surface area (Å²) >= 11 is 0. The molecule has 2 rings (SSSR count). The fraction of sp³-hybridized carbons (Fsp3) is 0.643. The van der Waals surface area contributed by atoms with Crippen LogP contribution >= 0.6 is 0 Å². The van der Waals surface area contributed by atoms with Crippen molar-refractivity contribution in [3.8, 4) is 0 Å². The molecule has 0 heterocycles. The van der Waals surface area contributed by atoms with Crippen LogP contribution in [0.3, 0.4) is 0 Å². The van der Waals surface area contributed by atoms with Crippen molar-refractivity contribution in [1.29, 1.82) is 0 Å². The second-order valence-corrected chi connectivity index (χ2v) is 8.98. The molecule has 0 aliphatic heterocycles. The fourth-order valence-electron chi connectivity index (χ4n) is 4.41. The van der Waals surface area contributed by atoms with E-state index in [1.54, 1.807) is 0 Å². The largest absolute Gasteiger partial charge is 0.398 e. The lowest BCUT2D eigenvalue weighted by molar-refractivity contribution is 0.530. The highest BCUT2D eigenvalue weighted by Crippen LogP contribution is 2.28. The van der Waals surface area contributed by atoms with Crippen LogP contribution in [0.15, 0.2) is 36.4 Å². The molecule has 0 atom stereocenters. The van der Waals surface area contributed by atoms with Crippen LogP contribution in [-0.4, -0.2) is 6.54 Å². The molecule has 0 amide bonds. The van der Waals surface area contributed by atoms with E-state index >= 15 is 0 Å². The number of unbranched alkanes of at least 4 members (excludes halogenated alkanes) is 15. The molecule has 0 aromatic heterocycles. The highest BCUT2D eigenvalue weighted by atomic mass is 14.9. The van der Waals surface area contributed by atoms with Gasteiger partial charge in [-0.1, -0.05) is 128 Å². The van der Waals surface area contributed by atoms with E-state index in [0.29, 0.717) is 0 Å². The molecule has 2 nitrogen and oxygen atoms in total. The Bertz CT molecular complexity index is 674. The van der Waals surface area contributed by atoms with Gasteiger partial charge in [-0.2, -0.15) is 0 Å². The number of nitrogens with one attached hydrogen (secondary N) is 1. The summed E-state index contributed by atoms with van der Waals surface area (Å²) in [6, 6.07) is 12.5. The molecule has 30 heavy (non-hydrogen) atoms. The number of hydrogen-bond donors (Lipinski definition) is 2. The number of nitrogen functional groups attached to an aromatic ring is 1. The Morgan fingerprint density at radius 3 is 1.60 bits per heavy atom. The number of anilines is 2. The van der Waals surface area contributed by atoms with Crippen molar-refractivity contribution in [2.75, 3.05) is 17.6 Å². The first-order valence-electron chi connectivity index (χ1n) is 12.8. The molecule has 0 radical (unpaired) electrons. The van der Waals surface area contributed by atoms with Crippen molar-refractivity contribution in [2.24, 2.45) is 0 Å². The van der Waals surface area contributed by atoms with E-state index in [2.05, 4.69) is 36.5 Å². The van der Waals surface area contributed by atoms with Gasteiger partial charge in [-0.05, 0) is 23.9 Å². The van der Waals surface area contributed by atoms with Gasteiger partial charge in [-0.3, -0.25) is 0 Å². The standard InChI is InChI=1S/C28H46N2/c1-2-3-4-5-6-7-8-9-10-11-12-13-14-15-16-17-24-30-27-23-19-21-25-20-18-22-26(29)28(25)27/h18-23,30H,2-17,24,29H2,1H3. The molecule has 0 aliphatic carbocycles. The molecule has 0 spiro atoms. The van der Waals surface area contributed by atoms with E-state index in [9.17, 15) is 0 Å². The van der Waals surface area contributed by atoms with Crippen molar-refractivity contribution in [2.45, 2.75) is 110 Å². The lowest BCUT2D eigenvalue weighted by Gasteiger charge is -2.11. The third kappa shape index (κ3) is 9.87. The van der Waals surface area contributed by atoms with Gasteiger partial charge in [-0.25, -0.2) is 0 Å². The molecule has 2 heteroatoms. The second-order valence-electron chi connectivity index (χ2n) is 8.98. The summed E-state index contributed by atoms with van der Waals surface area (Å²) in [5.74, 6) is 0. The molecule has 0 fully saturated rings. The minimum Gasteiger partial charge on any atom is -0.398 e. The van der Waals surface area contributed by atoms with Gasteiger partial charge >= 0.3 is 0 Å². The van der Waals surface area contributed by atoms with Crippen molar-refractivity contribution in [1.82, 2.24) is 0 Å². The smallest absolute Gasteiger partial charge is 0.0440 e. The van der Waals surface area contributed by atoms with E-state index in [4.69, 9.17) is 5.73 Å². The lowest BCUT2D eigenvalue weighted by atomic mass is 10.0. The average Bonchev–Trinajstić information content (AvgIpc) is 2.76. The highest BCUT2D eigenvalue weighted by Gasteiger charge is 2.03. The molecular formula is C28H46N2. The number of fused-ring (bicyclic) bond motifs is 1. The molecule has 0 saturated carbocycles. The Hall–Kier alpha value is -1.70. The van der Waals surface area contributed by atoms with Gasteiger partial charge in [0.1, 0.15) is 0 Å².